The molecule has 0 radical (unpaired) electrons. The SMILES string of the molecule is CC1CCCN(c2c(F)cccc2C=O)C1. The van der Waals surface area contributed by atoms with Crippen LogP contribution in [-0.2, 0) is 0 Å². The van der Waals surface area contributed by atoms with Crippen molar-refractivity contribution in [3.05, 3.63) is 29.6 Å². The maximum Gasteiger partial charge on any atom is 0.152 e. The molecule has 0 amide bonds. The predicted molar refractivity (Wildman–Crippen MR) is 62.4 cm³/mol. The van der Waals surface area contributed by atoms with Gasteiger partial charge >= 0.3 is 0 Å². The first-order valence-corrected chi connectivity index (χ1v) is 5.71. The van der Waals surface area contributed by atoms with Crippen LogP contribution in [0.25, 0.3) is 0 Å². The second-order valence-corrected chi connectivity index (χ2v) is 4.49. The number of nitrogens with zero attached hydrogens (tertiary/aromatic N) is 1. The molecule has 1 fully saturated rings. The van der Waals surface area contributed by atoms with Crippen molar-refractivity contribution in [3.63, 3.8) is 0 Å². The standard InChI is InChI=1S/C13H16FNO/c1-10-4-3-7-15(8-10)13-11(9-16)5-2-6-12(13)14/h2,5-6,9-10H,3-4,7-8H2,1H3. The van der Waals surface area contributed by atoms with Crippen LogP contribution in [0.3, 0.4) is 0 Å². The fourth-order valence-corrected chi connectivity index (χ4v) is 2.35. The summed E-state index contributed by atoms with van der Waals surface area (Å²) in [6.07, 6.45) is 2.98. The number of hydrogen-bond acceptors (Lipinski definition) is 2. The van der Waals surface area contributed by atoms with E-state index in [0.717, 1.165) is 25.8 Å². The summed E-state index contributed by atoms with van der Waals surface area (Å²) in [6, 6.07) is 4.67. The van der Waals surface area contributed by atoms with E-state index in [1.807, 2.05) is 4.90 Å². The Bertz CT molecular complexity index is 392. The lowest BCUT2D eigenvalue weighted by atomic mass is 9.99. The summed E-state index contributed by atoms with van der Waals surface area (Å²) >= 11 is 0. The van der Waals surface area contributed by atoms with Gasteiger partial charge < -0.3 is 4.90 Å². The number of anilines is 1. The highest BCUT2D eigenvalue weighted by atomic mass is 19.1. The third-order valence-corrected chi connectivity index (χ3v) is 3.12. The summed E-state index contributed by atoms with van der Waals surface area (Å²) in [5.41, 5.74) is 0.929. The van der Waals surface area contributed by atoms with Gasteiger partial charge in [0, 0.05) is 18.7 Å². The Kier molecular flexibility index (Phi) is 3.22. The average Bonchev–Trinajstić information content (AvgIpc) is 2.28. The first-order chi connectivity index (χ1) is 7.72. The zero-order chi connectivity index (χ0) is 11.5. The highest BCUT2D eigenvalue weighted by Gasteiger charge is 2.21. The average molecular weight is 221 g/mol. The van der Waals surface area contributed by atoms with Crippen molar-refractivity contribution >= 4 is 12.0 Å². The lowest BCUT2D eigenvalue weighted by Gasteiger charge is -2.33. The van der Waals surface area contributed by atoms with E-state index < -0.39 is 0 Å². The summed E-state index contributed by atoms with van der Waals surface area (Å²) in [5, 5.41) is 0. The van der Waals surface area contributed by atoms with Crippen molar-refractivity contribution in [1.82, 2.24) is 0 Å². The number of hydrogen-bond donors (Lipinski definition) is 0. The van der Waals surface area contributed by atoms with Gasteiger partial charge in [-0.25, -0.2) is 4.39 Å². The van der Waals surface area contributed by atoms with Crippen molar-refractivity contribution in [3.8, 4) is 0 Å². The molecular formula is C13H16FNO. The number of halogens is 1. The normalized spacial score (nSPS) is 20.9. The van der Waals surface area contributed by atoms with E-state index >= 15 is 0 Å². The maximum absolute atomic E-state index is 13.7. The summed E-state index contributed by atoms with van der Waals surface area (Å²) in [5.74, 6) is 0.270. The molecule has 1 aliphatic heterocycles. The van der Waals surface area contributed by atoms with E-state index in [4.69, 9.17) is 0 Å². The Hall–Kier alpha value is -1.38. The molecule has 1 atom stereocenters. The number of carbonyl (C=O) groups excluding carboxylic acids is 1. The molecule has 2 rings (SSSR count). The highest BCUT2D eigenvalue weighted by molar-refractivity contribution is 5.84. The lowest BCUT2D eigenvalue weighted by molar-refractivity contribution is 0.112. The van der Waals surface area contributed by atoms with Gasteiger partial charge in [0.25, 0.3) is 0 Å². The fraction of sp³-hybridized carbons (Fsp3) is 0.462. The Balaban J connectivity index is 2.34. The number of aldehydes is 1. The molecule has 1 aromatic rings. The van der Waals surface area contributed by atoms with Crippen LogP contribution in [-0.4, -0.2) is 19.4 Å². The van der Waals surface area contributed by atoms with E-state index in [-0.39, 0.29) is 5.82 Å². The van der Waals surface area contributed by atoms with Crippen LogP contribution in [0.4, 0.5) is 10.1 Å². The van der Waals surface area contributed by atoms with Gasteiger partial charge in [-0.05, 0) is 30.9 Å². The molecule has 3 heteroatoms. The van der Waals surface area contributed by atoms with Crippen LogP contribution >= 0.6 is 0 Å². The third kappa shape index (κ3) is 2.08. The second-order valence-electron chi connectivity index (χ2n) is 4.49. The van der Waals surface area contributed by atoms with E-state index in [1.165, 1.54) is 12.5 Å². The molecule has 0 spiro atoms. The minimum absolute atomic E-state index is 0.293. The van der Waals surface area contributed by atoms with Crippen molar-refractivity contribution in [2.24, 2.45) is 5.92 Å². The Morgan fingerprint density at radius 1 is 1.50 bits per heavy atom. The zero-order valence-electron chi connectivity index (χ0n) is 9.45. The molecule has 1 aromatic carbocycles. The molecular weight excluding hydrogens is 205 g/mol. The van der Waals surface area contributed by atoms with Gasteiger partial charge in [0.1, 0.15) is 5.82 Å². The Labute approximate surface area is 95.1 Å². The smallest absolute Gasteiger partial charge is 0.152 e. The number of carbonyl (C=O) groups is 1. The van der Waals surface area contributed by atoms with Gasteiger partial charge in [-0.15, -0.1) is 0 Å². The van der Waals surface area contributed by atoms with Crippen molar-refractivity contribution < 1.29 is 9.18 Å². The minimum atomic E-state index is -0.293. The number of benzene rings is 1. The highest BCUT2D eigenvalue weighted by Crippen LogP contribution is 2.28. The van der Waals surface area contributed by atoms with E-state index in [9.17, 15) is 9.18 Å². The van der Waals surface area contributed by atoms with Gasteiger partial charge in [0.2, 0.25) is 0 Å². The van der Waals surface area contributed by atoms with Crippen LogP contribution in [0, 0.1) is 11.7 Å². The molecule has 0 aliphatic carbocycles. The van der Waals surface area contributed by atoms with Gasteiger partial charge in [-0.3, -0.25) is 4.79 Å². The largest absolute Gasteiger partial charge is 0.368 e. The summed E-state index contributed by atoms with van der Waals surface area (Å²) in [4.78, 5) is 12.9. The monoisotopic (exact) mass is 221 g/mol. The lowest BCUT2D eigenvalue weighted by Crippen LogP contribution is -2.35. The predicted octanol–water partition coefficient (Wildman–Crippen LogP) is 2.87. The van der Waals surface area contributed by atoms with Gasteiger partial charge in [0.15, 0.2) is 6.29 Å². The van der Waals surface area contributed by atoms with E-state index in [0.29, 0.717) is 17.2 Å². The van der Waals surface area contributed by atoms with Crippen molar-refractivity contribution in [2.75, 3.05) is 18.0 Å². The van der Waals surface area contributed by atoms with Crippen LogP contribution < -0.4 is 4.90 Å². The Morgan fingerprint density at radius 3 is 3.00 bits per heavy atom. The van der Waals surface area contributed by atoms with E-state index in [1.54, 1.807) is 12.1 Å². The molecule has 2 nitrogen and oxygen atoms in total. The second kappa shape index (κ2) is 4.64. The topological polar surface area (TPSA) is 20.3 Å². The molecule has 16 heavy (non-hydrogen) atoms. The zero-order valence-corrected chi connectivity index (χ0v) is 9.45. The third-order valence-electron chi connectivity index (χ3n) is 3.12. The number of rotatable bonds is 2. The summed E-state index contributed by atoms with van der Waals surface area (Å²) in [6.45, 7) is 3.83. The summed E-state index contributed by atoms with van der Waals surface area (Å²) in [7, 11) is 0. The molecule has 0 bridgehead atoms. The quantitative estimate of drug-likeness (QED) is 0.716. The van der Waals surface area contributed by atoms with Gasteiger partial charge in [-0.2, -0.15) is 0 Å². The van der Waals surface area contributed by atoms with Gasteiger partial charge in [0.05, 0.1) is 5.69 Å². The van der Waals surface area contributed by atoms with Crippen LogP contribution in [0.2, 0.25) is 0 Å². The molecule has 1 heterocycles. The molecule has 1 saturated heterocycles. The van der Waals surface area contributed by atoms with Crippen LogP contribution in [0.5, 0.6) is 0 Å². The van der Waals surface area contributed by atoms with E-state index in [2.05, 4.69) is 6.92 Å². The van der Waals surface area contributed by atoms with Crippen LogP contribution in [0.15, 0.2) is 18.2 Å². The van der Waals surface area contributed by atoms with Crippen molar-refractivity contribution in [1.29, 1.82) is 0 Å². The fourth-order valence-electron chi connectivity index (χ4n) is 2.35. The molecule has 1 aliphatic rings. The Morgan fingerprint density at radius 2 is 2.31 bits per heavy atom. The molecule has 0 saturated carbocycles. The molecule has 0 N–H and O–H groups in total. The minimum Gasteiger partial charge on any atom is -0.368 e. The van der Waals surface area contributed by atoms with Crippen molar-refractivity contribution in [2.45, 2.75) is 19.8 Å². The first-order valence-electron chi connectivity index (χ1n) is 5.71. The first kappa shape index (κ1) is 11.1. The number of piperidine rings is 1. The molecule has 1 unspecified atom stereocenters. The van der Waals surface area contributed by atoms with Gasteiger partial charge in [-0.1, -0.05) is 13.0 Å². The molecule has 0 aromatic heterocycles. The molecule has 86 valence electrons. The number of para-hydroxylation sites is 1. The van der Waals surface area contributed by atoms with Crippen LogP contribution in [0.1, 0.15) is 30.1 Å². The maximum atomic E-state index is 13.7. The summed E-state index contributed by atoms with van der Waals surface area (Å²) < 4.78 is 13.7.